The highest BCUT2D eigenvalue weighted by Gasteiger charge is 1.99. The molecule has 94 valence electrons. The number of hydrogen-bond acceptors (Lipinski definition) is 2. The highest BCUT2D eigenvalue weighted by Crippen LogP contribution is 2.28. The summed E-state index contributed by atoms with van der Waals surface area (Å²) in [5, 5.41) is 9.62. The molecule has 0 fully saturated rings. The first-order chi connectivity index (χ1) is 8.86. The SMILES string of the molecule is Oc1ccccc1SCCCCc1ccccc1. The van der Waals surface area contributed by atoms with Crippen molar-refractivity contribution in [1.29, 1.82) is 0 Å². The summed E-state index contributed by atoms with van der Waals surface area (Å²) in [5.41, 5.74) is 1.41. The lowest BCUT2D eigenvalue weighted by Gasteiger charge is -2.04. The molecule has 0 aliphatic rings. The van der Waals surface area contributed by atoms with E-state index in [4.69, 9.17) is 0 Å². The monoisotopic (exact) mass is 258 g/mol. The highest BCUT2D eigenvalue weighted by atomic mass is 32.2. The van der Waals surface area contributed by atoms with Gasteiger partial charge in [0.15, 0.2) is 0 Å². The average Bonchev–Trinajstić information content (AvgIpc) is 2.42. The van der Waals surface area contributed by atoms with Crippen molar-refractivity contribution in [3.05, 3.63) is 60.2 Å². The molecule has 0 amide bonds. The van der Waals surface area contributed by atoms with E-state index < -0.39 is 0 Å². The van der Waals surface area contributed by atoms with Gasteiger partial charge in [0.05, 0.1) is 0 Å². The van der Waals surface area contributed by atoms with E-state index in [2.05, 4.69) is 30.3 Å². The Morgan fingerprint density at radius 2 is 1.56 bits per heavy atom. The average molecular weight is 258 g/mol. The normalized spacial score (nSPS) is 10.4. The molecule has 0 heterocycles. The fourth-order valence-corrected chi connectivity index (χ4v) is 2.80. The molecule has 0 bridgehead atoms. The maximum atomic E-state index is 9.62. The molecule has 1 N–H and O–H groups in total. The first-order valence-corrected chi connectivity index (χ1v) is 7.29. The lowest BCUT2D eigenvalue weighted by Crippen LogP contribution is -1.87. The molecule has 0 aromatic heterocycles. The third-order valence-electron chi connectivity index (χ3n) is 2.83. The van der Waals surface area contributed by atoms with Crippen LogP contribution in [0.2, 0.25) is 0 Å². The van der Waals surface area contributed by atoms with E-state index in [1.165, 1.54) is 18.4 Å². The number of unbranched alkanes of at least 4 members (excludes halogenated alkanes) is 1. The van der Waals surface area contributed by atoms with E-state index in [9.17, 15) is 5.11 Å². The Bertz CT molecular complexity index is 468. The quantitative estimate of drug-likeness (QED) is 0.608. The lowest BCUT2D eigenvalue weighted by molar-refractivity contribution is 0.462. The van der Waals surface area contributed by atoms with E-state index in [0.29, 0.717) is 5.75 Å². The third kappa shape index (κ3) is 4.11. The van der Waals surface area contributed by atoms with Crippen LogP contribution in [-0.4, -0.2) is 10.9 Å². The van der Waals surface area contributed by atoms with Crippen molar-refractivity contribution in [2.75, 3.05) is 5.75 Å². The van der Waals surface area contributed by atoms with Gasteiger partial charge in [-0.2, -0.15) is 0 Å². The molecule has 0 atom stereocenters. The molecule has 2 heteroatoms. The zero-order valence-electron chi connectivity index (χ0n) is 10.4. The van der Waals surface area contributed by atoms with Crippen LogP contribution in [-0.2, 0) is 6.42 Å². The predicted octanol–water partition coefficient (Wildman–Crippen LogP) is 4.51. The van der Waals surface area contributed by atoms with E-state index in [-0.39, 0.29) is 0 Å². The second-order valence-corrected chi connectivity index (χ2v) is 5.40. The first-order valence-electron chi connectivity index (χ1n) is 6.31. The molecule has 1 nitrogen and oxygen atoms in total. The summed E-state index contributed by atoms with van der Waals surface area (Å²) < 4.78 is 0. The Kier molecular flexibility index (Phi) is 5.15. The van der Waals surface area contributed by atoms with Crippen molar-refractivity contribution >= 4 is 11.8 Å². The van der Waals surface area contributed by atoms with Gasteiger partial charge in [0.25, 0.3) is 0 Å². The van der Waals surface area contributed by atoms with Gasteiger partial charge in [0.1, 0.15) is 5.75 Å². The van der Waals surface area contributed by atoms with E-state index in [0.717, 1.165) is 17.1 Å². The standard InChI is InChI=1S/C16H18OS/c17-15-11-4-5-12-16(15)18-13-7-6-10-14-8-2-1-3-9-14/h1-5,8-9,11-12,17H,6-7,10,13H2. The molecule has 0 spiro atoms. The molecular formula is C16H18OS. The number of benzene rings is 2. The molecule has 18 heavy (non-hydrogen) atoms. The van der Waals surface area contributed by atoms with Gasteiger partial charge in [-0.05, 0) is 42.7 Å². The fourth-order valence-electron chi connectivity index (χ4n) is 1.84. The van der Waals surface area contributed by atoms with E-state index in [1.807, 2.05) is 18.2 Å². The molecule has 0 saturated heterocycles. The van der Waals surface area contributed by atoms with Gasteiger partial charge >= 0.3 is 0 Å². The minimum atomic E-state index is 0.394. The molecule has 2 aromatic carbocycles. The third-order valence-corrected chi connectivity index (χ3v) is 3.97. The number of hydrogen-bond donors (Lipinski definition) is 1. The molecule has 0 aliphatic heterocycles. The molecule has 2 rings (SSSR count). The molecule has 0 aliphatic carbocycles. The summed E-state index contributed by atoms with van der Waals surface area (Å²) in [7, 11) is 0. The van der Waals surface area contributed by atoms with Crippen molar-refractivity contribution in [3.63, 3.8) is 0 Å². The number of aryl methyl sites for hydroxylation is 1. The molecule has 0 saturated carbocycles. The maximum Gasteiger partial charge on any atom is 0.129 e. The Hall–Kier alpha value is -1.41. The van der Waals surface area contributed by atoms with Crippen LogP contribution in [0.1, 0.15) is 18.4 Å². The van der Waals surface area contributed by atoms with Gasteiger partial charge in [0.2, 0.25) is 0 Å². The van der Waals surface area contributed by atoms with Crippen molar-refractivity contribution in [2.45, 2.75) is 24.2 Å². The molecule has 0 unspecified atom stereocenters. The number of para-hydroxylation sites is 1. The Labute approximate surface area is 113 Å². The smallest absolute Gasteiger partial charge is 0.129 e. The van der Waals surface area contributed by atoms with Crippen LogP contribution in [0.3, 0.4) is 0 Å². The number of thioether (sulfide) groups is 1. The van der Waals surface area contributed by atoms with Crippen molar-refractivity contribution in [3.8, 4) is 5.75 Å². The predicted molar refractivity (Wildman–Crippen MR) is 78.2 cm³/mol. The number of aromatic hydroxyl groups is 1. The number of phenols is 1. The van der Waals surface area contributed by atoms with Crippen LogP contribution >= 0.6 is 11.8 Å². The molecular weight excluding hydrogens is 240 g/mol. The summed E-state index contributed by atoms with van der Waals surface area (Å²) in [6.45, 7) is 0. The molecule has 2 aromatic rings. The number of phenolic OH excluding ortho intramolecular Hbond substituents is 1. The van der Waals surface area contributed by atoms with Crippen LogP contribution in [0.4, 0.5) is 0 Å². The number of rotatable bonds is 6. The van der Waals surface area contributed by atoms with Gasteiger partial charge in [-0.15, -0.1) is 11.8 Å². The lowest BCUT2D eigenvalue weighted by atomic mass is 10.1. The highest BCUT2D eigenvalue weighted by molar-refractivity contribution is 7.99. The largest absolute Gasteiger partial charge is 0.507 e. The second kappa shape index (κ2) is 7.12. The summed E-state index contributed by atoms with van der Waals surface area (Å²) in [4.78, 5) is 0.984. The van der Waals surface area contributed by atoms with Crippen LogP contribution in [0, 0.1) is 0 Å². The van der Waals surface area contributed by atoms with Crippen LogP contribution in [0.25, 0.3) is 0 Å². The minimum Gasteiger partial charge on any atom is -0.507 e. The summed E-state index contributed by atoms with van der Waals surface area (Å²) >= 11 is 1.73. The van der Waals surface area contributed by atoms with Crippen LogP contribution in [0.5, 0.6) is 5.75 Å². The summed E-state index contributed by atoms with van der Waals surface area (Å²) in [6, 6.07) is 18.1. The van der Waals surface area contributed by atoms with Gasteiger partial charge in [-0.1, -0.05) is 42.5 Å². The van der Waals surface area contributed by atoms with Crippen LogP contribution < -0.4 is 0 Å². The fraction of sp³-hybridized carbons (Fsp3) is 0.250. The summed E-state index contributed by atoms with van der Waals surface area (Å²) in [5.74, 6) is 1.45. The zero-order valence-corrected chi connectivity index (χ0v) is 11.2. The molecule has 0 radical (unpaired) electrons. The van der Waals surface area contributed by atoms with Crippen LogP contribution in [0.15, 0.2) is 59.5 Å². The minimum absolute atomic E-state index is 0.394. The first kappa shape index (κ1) is 13.0. The Morgan fingerprint density at radius 1 is 0.833 bits per heavy atom. The van der Waals surface area contributed by atoms with Crippen molar-refractivity contribution in [1.82, 2.24) is 0 Å². The topological polar surface area (TPSA) is 20.2 Å². The Balaban J connectivity index is 1.66. The summed E-state index contributed by atoms with van der Waals surface area (Å²) in [6.07, 6.45) is 3.51. The van der Waals surface area contributed by atoms with Crippen molar-refractivity contribution in [2.24, 2.45) is 0 Å². The Morgan fingerprint density at radius 3 is 2.33 bits per heavy atom. The zero-order chi connectivity index (χ0) is 12.6. The van der Waals surface area contributed by atoms with Gasteiger partial charge in [-0.3, -0.25) is 0 Å². The van der Waals surface area contributed by atoms with Gasteiger partial charge < -0.3 is 5.11 Å². The van der Waals surface area contributed by atoms with Gasteiger partial charge in [-0.25, -0.2) is 0 Å². The van der Waals surface area contributed by atoms with Gasteiger partial charge in [0, 0.05) is 4.90 Å². The van der Waals surface area contributed by atoms with Crippen molar-refractivity contribution < 1.29 is 5.11 Å². The maximum absolute atomic E-state index is 9.62. The van der Waals surface area contributed by atoms with E-state index in [1.54, 1.807) is 17.8 Å². The second-order valence-electron chi connectivity index (χ2n) is 4.26. The van der Waals surface area contributed by atoms with E-state index >= 15 is 0 Å².